The Labute approximate surface area is 101 Å². The van der Waals surface area contributed by atoms with Gasteiger partial charge in [0, 0.05) is 24.0 Å². The number of amides is 1. The molecule has 0 aliphatic carbocycles. The van der Waals surface area contributed by atoms with Crippen molar-refractivity contribution < 1.29 is 4.79 Å². The lowest BCUT2D eigenvalue weighted by Crippen LogP contribution is -2.37. The first-order valence-electron chi connectivity index (χ1n) is 5.35. The van der Waals surface area contributed by atoms with Crippen molar-refractivity contribution in [2.24, 2.45) is 5.73 Å². The quantitative estimate of drug-likeness (QED) is 0.824. The Morgan fingerprint density at radius 1 is 1.56 bits per heavy atom. The van der Waals surface area contributed by atoms with Crippen LogP contribution >= 0.6 is 11.6 Å². The summed E-state index contributed by atoms with van der Waals surface area (Å²) in [7, 11) is 0. The van der Waals surface area contributed by atoms with E-state index in [2.05, 4.69) is 5.32 Å². The molecule has 3 nitrogen and oxygen atoms in total. The van der Waals surface area contributed by atoms with Crippen molar-refractivity contribution in [3.05, 3.63) is 34.9 Å². The highest BCUT2D eigenvalue weighted by atomic mass is 35.5. The van der Waals surface area contributed by atoms with Crippen LogP contribution in [0.25, 0.3) is 0 Å². The fourth-order valence-electron chi connectivity index (χ4n) is 1.36. The third-order valence-corrected chi connectivity index (χ3v) is 2.53. The van der Waals surface area contributed by atoms with Gasteiger partial charge in [-0.05, 0) is 31.0 Å². The Morgan fingerprint density at radius 2 is 2.31 bits per heavy atom. The summed E-state index contributed by atoms with van der Waals surface area (Å²) in [5.41, 5.74) is 6.49. The third kappa shape index (κ3) is 4.64. The molecule has 0 heterocycles. The minimum Gasteiger partial charge on any atom is -0.352 e. The monoisotopic (exact) mass is 240 g/mol. The summed E-state index contributed by atoms with van der Waals surface area (Å²) >= 11 is 5.85. The standard InChI is InChI=1S/C12H17ClN2O/c1-9(8-14)15-12(16)6-5-10-3-2-4-11(13)7-10/h2-4,7,9H,5-6,8,14H2,1H3,(H,15,16). The predicted molar refractivity (Wildman–Crippen MR) is 66.4 cm³/mol. The molecule has 0 radical (unpaired) electrons. The smallest absolute Gasteiger partial charge is 0.220 e. The van der Waals surface area contributed by atoms with Gasteiger partial charge < -0.3 is 11.1 Å². The van der Waals surface area contributed by atoms with Crippen LogP contribution in [0.2, 0.25) is 5.02 Å². The summed E-state index contributed by atoms with van der Waals surface area (Å²) in [6.45, 7) is 2.35. The number of hydrogen-bond donors (Lipinski definition) is 2. The normalized spacial score (nSPS) is 12.2. The van der Waals surface area contributed by atoms with Crippen molar-refractivity contribution in [1.29, 1.82) is 0 Å². The van der Waals surface area contributed by atoms with Crippen LogP contribution in [0.3, 0.4) is 0 Å². The second-order valence-electron chi connectivity index (χ2n) is 3.83. The molecule has 1 rings (SSSR count). The summed E-state index contributed by atoms with van der Waals surface area (Å²) in [4.78, 5) is 11.5. The number of nitrogens with two attached hydrogens (primary N) is 1. The first-order chi connectivity index (χ1) is 7.61. The fourth-order valence-corrected chi connectivity index (χ4v) is 1.57. The molecule has 0 aliphatic heterocycles. The lowest BCUT2D eigenvalue weighted by Gasteiger charge is -2.11. The molecule has 1 aromatic carbocycles. The molecular weight excluding hydrogens is 224 g/mol. The predicted octanol–water partition coefficient (Wildman–Crippen LogP) is 1.74. The van der Waals surface area contributed by atoms with E-state index in [1.165, 1.54) is 0 Å². The Hall–Kier alpha value is -1.06. The van der Waals surface area contributed by atoms with Gasteiger partial charge in [-0.25, -0.2) is 0 Å². The summed E-state index contributed by atoms with van der Waals surface area (Å²) in [6.07, 6.45) is 1.16. The van der Waals surface area contributed by atoms with Crippen molar-refractivity contribution >= 4 is 17.5 Å². The number of benzene rings is 1. The molecule has 0 fully saturated rings. The number of nitrogens with one attached hydrogen (secondary N) is 1. The van der Waals surface area contributed by atoms with E-state index in [0.29, 0.717) is 24.4 Å². The molecule has 1 atom stereocenters. The van der Waals surface area contributed by atoms with Crippen LogP contribution in [-0.4, -0.2) is 18.5 Å². The van der Waals surface area contributed by atoms with E-state index in [1.807, 2.05) is 31.2 Å². The van der Waals surface area contributed by atoms with E-state index in [1.54, 1.807) is 0 Å². The molecule has 1 unspecified atom stereocenters. The molecule has 0 spiro atoms. The Bertz CT molecular complexity index is 355. The van der Waals surface area contributed by atoms with Gasteiger partial charge in [0.15, 0.2) is 0 Å². The molecule has 16 heavy (non-hydrogen) atoms. The lowest BCUT2D eigenvalue weighted by molar-refractivity contribution is -0.121. The van der Waals surface area contributed by atoms with Crippen LogP contribution in [-0.2, 0) is 11.2 Å². The zero-order valence-corrected chi connectivity index (χ0v) is 10.1. The number of rotatable bonds is 5. The fraction of sp³-hybridized carbons (Fsp3) is 0.417. The summed E-state index contributed by atoms with van der Waals surface area (Å²) in [5, 5.41) is 3.52. The number of aryl methyl sites for hydroxylation is 1. The van der Waals surface area contributed by atoms with Crippen LogP contribution < -0.4 is 11.1 Å². The topological polar surface area (TPSA) is 55.1 Å². The minimum atomic E-state index is 0.0259. The summed E-state index contributed by atoms with van der Waals surface area (Å²) < 4.78 is 0. The first kappa shape index (κ1) is 13.0. The molecule has 3 N–H and O–H groups in total. The average Bonchev–Trinajstić information content (AvgIpc) is 2.26. The van der Waals surface area contributed by atoms with Crippen LogP contribution in [0, 0.1) is 0 Å². The molecule has 88 valence electrons. The minimum absolute atomic E-state index is 0.0259. The summed E-state index contributed by atoms with van der Waals surface area (Å²) in [5.74, 6) is 0.0259. The molecule has 0 aromatic heterocycles. The van der Waals surface area contributed by atoms with E-state index in [4.69, 9.17) is 17.3 Å². The molecular formula is C12H17ClN2O. The molecule has 0 saturated heterocycles. The van der Waals surface area contributed by atoms with Gasteiger partial charge >= 0.3 is 0 Å². The molecule has 4 heteroatoms. The first-order valence-corrected chi connectivity index (χ1v) is 5.73. The molecule has 1 amide bonds. The zero-order valence-electron chi connectivity index (χ0n) is 9.37. The summed E-state index contributed by atoms with van der Waals surface area (Å²) in [6, 6.07) is 7.58. The zero-order chi connectivity index (χ0) is 12.0. The van der Waals surface area contributed by atoms with Gasteiger partial charge in [0.05, 0.1) is 0 Å². The van der Waals surface area contributed by atoms with Gasteiger partial charge in [-0.15, -0.1) is 0 Å². The van der Waals surface area contributed by atoms with E-state index < -0.39 is 0 Å². The second kappa shape index (κ2) is 6.51. The van der Waals surface area contributed by atoms with Crippen molar-refractivity contribution in [3.63, 3.8) is 0 Å². The van der Waals surface area contributed by atoms with Gasteiger partial charge in [0.25, 0.3) is 0 Å². The van der Waals surface area contributed by atoms with E-state index >= 15 is 0 Å². The van der Waals surface area contributed by atoms with Crippen molar-refractivity contribution in [1.82, 2.24) is 5.32 Å². The van der Waals surface area contributed by atoms with Crippen LogP contribution in [0.15, 0.2) is 24.3 Å². The molecule has 0 bridgehead atoms. The highest BCUT2D eigenvalue weighted by Gasteiger charge is 2.05. The van der Waals surface area contributed by atoms with Gasteiger partial charge in [-0.3, -0.25) is 4.79 Å². The largest absolute Gasteiger partial charge is 0.352 e. The maximum Gasteiger partial charge on any atom is 0.220 e. The van der Waals surface area contributed by atoms with E-state index in [0.717, 1.165) is 5.56 Å². The van der Waals surface area contributed by atoms with Gasteiger partial charge in [-0.1, -0.05) is 23.7 Å². The maximum atomic E-state index is 11.5. The lowest BCUT2D eigenvalue weighted by atomic mass is 10.1. The van der Waals surface area contributed by atoms with E-state index in [9.17, 15) is 4.79 Å². The number of carbonyl (C=O) groups is 1. The highest BCUT2D eigenvalue weighted by molar-refractivity contribution is 6.30. The van der Waals surface area contributed by atoms with Crippen molar-refractivity contribution in [2.45, 2.75) is 25.8 Å². The van der Waals surface area contributed by atoms with Gasteiger partial charge in [0.1, 0.15) is 0 Å². The Kier molecular flexibility index (Phi) is 5.29. The van der Waals surface area contributed by atoms with Crippen molar-refractivity contribution in [2.75, 3.05) is 6.54 Å². The van der Waals surface area contributed by atoms with E-state index in [-0.39, 0.29) is 11.9 Å². The molecule has 0 aliphatic rings. The molecule has 0 saturated carbocycles. The third-order valence-electron chi connectivity index (χ3n) is 2.29. The Balaban J connectivity index is 2.37. The van der Waals surface area contributed by atoms with Crippen LogP contribution in [0.5, 0.6) is 0 Å². The number of hydrogen-bond acceptors (Lipinski definition) is 2. The van der Waals surface area contributed by atoms with Crippen molar-refractivity contribution in [3.8, 4) is 0 Å². The van der Waals surface area contributed by atoms with Crippen LogP contribution in [0.4, 0.5) is 0 Å². The second-order valence-corrected chi connectivity index (χ2v) is 4.27. The van der Waals surface area contributed by atoms with Crippen LogP contribution in [0.1, 0.15) is 18.9 Å². The maximum absolute atomic E-state index is 11.5. The number of carbonyl (C=O) groups excluding carboxylic acids is 1. The molecule has 1 aromatic rings. The number of halogens is 1. The Morgan fingerprint density at radius 3 is 2.94 bits per heavy atom. The highest BCUT2D eigenvalue weighted by Crippen LogP contribution is 2.11. The van der Waals surface area contributed by atoms with Gasteiger partial charge in [0.2, 0.25) is 5.91 Å². The average molecular weight is 241 g/mol. The SMILES string of the molecule is CC(CN)NC(=O)CCc1cccc(Cl)c1. The van der Waals surface area contributed by atoms with Gasteiger partial charge in [-0.2, -0.15) is 0 Å².